The number of hydrogen-bond acceptors (Lipinski definition) is 4. The molecule has 1 aromatic rings. The molecule has 0 heterocycles. The minimum absolute atomic E-state index is 0.0481. The molecule has 5 nitrogen and oxygen atoms in total. The fourth-order valence-electron chi connectivity index (χ4n) is 1.60. The van der Waals surface area contributed by atoms with Gasteiger partial charge in [-0.3, -0.25) is 14.5 Å². The van der Waals surface area contributed by atoms with E-state index in [0.717, 1.165) is 0 Å². The van der Waals surface area contributed by atoms with Gasteiger partial charge in [-0.15, -0.1) is 0 Å². The molecule has 1 aromatic carbocycles. The molecule has 0 atom stereocenters. The van der Waals surface area contributed by atoms with Gasteiger partial charge in [0.25, 0.3) is 0 Å². The molecular formula is C14H19ClN2O3. The number of carbonyl (C=O) groups is 2. The van der Waals surface area contributed by atoms with E-state index < -0.39 is 0 Å². The van der Waals surface area contributed by atoms with Crippen molar-refractivity contribution in [2.24, 2.45) is 0 Å². The molecule has 0 radical (unpaired) electrons. The number of methoxy groups -OCH3 is 1. The first-order valence-electron chi connectivity index (χ1n) is 6.10. The van der Waals surface area contributed by atoms with E-state index in [1.165, 1.54) is 12.0 Å². The Morgan fingerprint density at radius 3 is 2.35 bits per heavy atom. The fraction of sp³-hybridized carbons (Fsp3) is 0.429. The van der Waals surface area contributed by atoms with Crippen LogP contribution in [0.4, 0.5) is 0 Å². The number of hydrogen-bond donors (Lipinski definition) is 0. The summed E-state index contributed by atoms with van der Waals surface area (Å²) in [7, 11) is 6.61. The van der Waals surface area contributed by atoms with Crippen molar-refractivity contribution in [3.05, 3.63) is 28.8 Å². The maximum atomic E-state index is 12.1. The number of ether oxygens (including phenoxy) is 1. The summed E-state index contributed by atoms with van der Waals surface area (Å²) in [5.74, 6) is 0.385. The van der Waals surface area contributed by atoms with Crippen LogP contribution in [-0.4, -0.2) is 62.8 Å². The number of carbonyl (C=O) groups excluding carboxylic acids is 2. The molecule has 0 aromatic heterocycles. The first-order valence-corrected chi connectivity index (χ1v) is 6.48. The Balaban J connectivity index is 2.67. The molecule has 0 aliphatic carbocycles. The van der Waals surface area contributed by atoms with Crippen molar-refractivity contribution >= 4 is 23.3 Å². The van der Waals surface area contributed by atoms with Gasteiger partial charge in [-0.05, 0) is 25.2 Å². The predicted octanol–water partition coefficient (Wildman–Crippen LogP) is 1.55. The van der Waals surface area contributed by atoms with E-state index in [1.54, 1.807) is 44.2 Å². The van der Waals surface area contributed by atoms with E-state index in [1.807, 2.05) is 0 Å². The lowest BCUT2D eigenvalue weighted by Gasteiger charge is -2.18. The van der Waals surface area contributed by atoms with Crippen molar-refractivity contribution in [2.45, 2.75) is 0 Å². The van der Waals surface area contributed by atoms with Crippen molar-refractivity contribution in [1.82, 2.24) is 9.80 Å². The summed E-state index contributed by atoms with van der Waals surface area (Å²) in [5.41, 5.74) is 0.500. The highest BCUT2D eigenvalue weighted by Gasteiger charge is 2.14. The lowest BCUT2D eigenvalue weighted by atomic mass is 10.1. The second-order valence-corrected chi connectivity index (χ2v) is 5.14. The molecule has 0 N–H and O–H groups in total. The van der Waals surface area contributed by atoms with E-state index in [4.69, 9.17) is 16.3 Å². The number of ketones is 1. The van der Waals surface area contributed by atoms with Gasteiger partial charge in [0.05, 0.1) is 25.2 Å². The Morgan fingerprint density at radius 2 is 1.85 bits per heavy atom. The largest absolute Gasteiger partial charge is 0.495 e. The van der Waals surface area contributed by atoms with Crippen LogP contribution in [0.3, 0.4) is 0 Å². The number of amides is 1. The van der Waals surface area contributed by atoms with Crippen LogP contribution < -0.4 is 4.74 Å². The molecule has 0 saturated heterocycles. The average Bonchev–Trinajstić information content (AvgIpc) is 2.38. The number of rotatable bonds is 6. The summed E-state index contributed by atoms with van der Waals surface area (Å²) in [5, 5.41) is 0.394. The molecule has 1 amide bonds. The summed E-state index contributed by atoms with van der Waals surface area (Å²) < 4.78 is 5.04. The monoisotopic (exact) mass is 298 g/mol. The summed E-state index contributed by atoms with van der Waals surface area (Å²) in [6.45, 7) is 0.352. The first kappa shape index (κ1) is 16.5. The van der Waals surface area contributed by atoms with Crippen LogP contribution in [0.5, 0.6) is 5.75 Å². The van der Waals surface area contributed by atoms with E-state index in [0.29, 0.717) is 16.3 Å². The van der Waals surface area contributed by atoms with Crippen LogP contribution in [0.25, 0.3) is 0 Å². The van der Waals surface area contributed by atoms with Crippen LogP contribution in [-0.2, 0) is 4.79 Å². The van der Waals surface area contributed by atoms with Crippen molar-refractivity contribution in [3.63, 3.8) is 0 Å². The van der Waals surface area contributed by atoms with Crippen LogP contribution in [0.1, 0.15) is 10.4 Å². The number of Topliss-reactive ketones (excluding diaryl/α,β-unsaturated/α-hetero) is 1. The third-order valence-corrected chi connectivity index (χ3v) is 3.09. The minimum atomic E-state index is -0.0939. The normalized spacial score (nSPS) is 10.5. The van der Waals surface area contributed by atoms with Gasteiger partial charge in [0, 0.05) is 19.7 Å². The van der Waals surface area contributed by atoms with E-state index in [2.05, 4.69) is 0 Å². The van der Waals surface area contributed by atoms with E-state index in [9.17, 15) is 9.59 Å². The molecule has 110 valence electrons. The Kier molecular flexibility index (Phi) is 5.98. The Hall–Kier alpha value is -1.59. The van der Waals surface area contributed by atoms with Crippen LogP contribution >= 0.6 is 11.6 Å². The summed E-state index contributed by atoms with van der Waals surface area (Å²) in [6.07, 6.45) is 0. The van der Waals surface area contributed by atoms with Gasteiger partial charge in [0.2, 0.25) is 5.91 Å². The fourth-order valence-corrected chi connectivity index (χ4v) is 1.86. The molecule has 6 heteroatoms. The van der Waals surface area contributed by atoms with E-state index >= 15 is 0 Å². The molecule has 0 fully saturated rings. The SMILES string of the molecule is COc1ccc(C(=O)CN(C)CC(=O)N(C)C)cc1Cl. The smallest absolute Gasteiger partial charge is 0.236 e. The Labute approximate surface area is 124 Å². The quantitative estimate of drug-likeness (QED) is 0.748. The van der Waals surface area contributed by atoms with Gasteiger partial charge in [0.1, 0.15) is 5.75 Å². The topological polar surface area (TPSA) is 49.9 Å². The zero-order valence-electron chi connectivity index (χ0n) is 12.1. The average molecular weight is 299 g/mol. The highest BCUT2D eigenvalue weighted by Crippen LogP contribution is 2.25. The molecule has 0 saturated carbocycles. The molecule has 0 spiro atoms. The third kappa shape index (κ3) is 4.51. The maximum absolute atomic E-state index is 12.1. The van der Waals surface area contributed by atoms with Crippen LogP contribution in [0, 0.1) is 0 Å². The Bertz CT molecular complexity index is 503. The molecule has 20 heavy (non-hydrogen) atoms. The zero-order chi connectivity index (χ0) is 15.3. The van der Waals surface area contributed by atoms with Crippen LogP contribution in [0.15, 0.2) is 18.2 Å². The van der Waals surface area contributed by atoms with Gasteiger partial charge in [-0.1, -0.05) is 11.6 Å². The summed E-state index contributed by atoms with van der Waals surface area (Å²) >= 11 is 5.98. The second-order valence-electron chi connectivity index (χ2n) is 4.73. The highest BCUT2D eigenvalue weighted by atomic mass is 35.5. The van der Waals surface area contributed by atoms with Gasteiger partial charge in [-0.2, -0.15) is 0 Å². The second kappa shape index (κ2) is 7.26. The van der Waals surface area contributed by atoms with Crippen LogP contribution in [0.2, 0.25) is 5.02 Å². The number of halogens is 1. The van der Waals surface area contributed by atoms with Crippen molar-refractivity contribution < 1.29 is 14.3 Å². The molecular weight excluding hydrogens is 280 g/mol. The number of nitrogens with zero attached hydrogens (tertiary/aromatic N) is 2. The summed E-state index contributed by atoms with van der Waals surface area (Å²) in [6, 6.07) is 4.89. The predicted molar refractivity (Wildman–Crippen MR) is 78.5 cm³/mol. The number of benzene rings is 1. The third-order valence-electron chi connectivity index (χ3n) is 2.79. The first-order chi connectivity index (χ1) is 9.35. The minimum Gasteiger partial charge on any atom is -0.495 e. The maximum Gasteiger partial charge on any atom is 0.236 e. The molecule has 1 rings (SSSR count). The van der Waals surface area contributed by atoms with Crippen molar-refractivity contribution in [1.29, 1.82) is 0 Å². The number of likely N-dealkylation sites (N-methyl/N-ethyl adjacent to an activating group) is 2. The molecule has 0 unspecified atom stereocenters. The van der Waals surface area contributed by atoms with Gasteiger partial charge in [0.15, 0.2) is 5.78 Å². The van der Waals surface area contributed by atoms with Crippen molar-refractivity contribution in [3.8, 4) is 5.75 Å². The lowest BCUT2D eigenvalue weighted by Crippen LogP contribution is -2.36. The highest BCUT2D eigenvalue weighted by molar-refractivity contribution is 6.32. The molecule has 0 bridgehead atoms. The standard InChI is InChI=1S/C14H19ClN2O3/c1-16(2)14(19)9-17(3)8-12(18)10-5-6-13(20-4)11(15)7-10/h5-7H,8-9H2,1-4H3. The zero-order valence-corrected chi connectivity index (χ0v) is 12.9. The molecule has 0 aliphatic heterocycles. The van der Waals surface area contributed by atoms with E-state index in [-0.39, 0.29) is 24.8 Å². The van der Waals surface area contributed by atoms with Crippen molar-refractivity contribution in [2.75, 3.05) is 41.3 Å². The lowest BCUT2D eigenvalue weighted by molar-refractivity contribution is -0.129. The van der Waals surface area contributed by atoms with Gasteiger partial charge >= 0.3 is 0 Å². The van der Waals surface area contributed by atoms with Gasteiger partial charge in [-0.25, -0.2) is 0 Å². The Morgan fingerprint density at radius 1 is 1.20 bits per heavy atom. The van der Waals surface area contributed by atoms with Gasteiger partial charge < -0.3 is 9.64 Å². The molecule has 0 aliphatic rings. The summed E-state index contributed by atoms with van der Waals surface area (Å²) in [4.78, 5) is 26.8.